The summed E-state index contributed by atoms with van der Waals surface area (Å²) in [6.07, 6.45) is 3.25. The van der Waals surface area contributed by atoms with E-state index in [9.17, 15) is 13.2 Å². The molecule has 2 aromatic heterocycles. The molecule has 0 bridgehead atoms. The highest BCUT2D eigenvalue weighted by atomic mass is 32.2. The highest BCUT2D eigenvalue weighted by molar-refractivity contribution is 7.91. The standard InChI is InChI=1S/C20H23N5O4S2/c1-4-29-17-7-5-16(6-8-17)24-19(26)25(13-15-9-11-22-12-10-15)20-23-14(2)18(30-20)31(27,28)21-3/h5-12,21H,4,13H2,1-3H3,(H,24,26). The molecule has 0 saturated carbocycles. The average Bonchev–Trinajstić information content (AvgIpc) is 3.16. The lowest BCUT2D eigenvalue weighted by Gasteiger charge is -2.20. The maximum Gasteiger partial charge on any atom is 0.328 e. The highest BCUT2D eigenvalue weighted by Crippen LogP contribution is 2.31. The number of aryl methyl sites for hydroxylation is 1. The van der Waals surface area contributed by atoms with Gasteiger partial charge in [-0.05, 0) is 62.9 Å². The lowest BCUT2D eigenvalue weighted by molar-refractivity contribution is 0.256. The number of benzene rings is 1. The lowest BCUT2D eigenvalue weighted by atomic mass is 10.2. The van der Waals surface area contributed by atoms with Crippen molar-refractivity contribution in [1.82, 2.24) is 14.7 Å². The third-order valence-corrected chi connectivity index (χ3v) is 7.44. The molecule has 164 valence electrons. The van der Waals surface area contributed by atoms with Crippen molar-refractivity contribution < 1.29 is 17.9 Å². The van der Waals surface area contributed by atoms with Gasteiger partial charge in [0.15, 0.2) is 9.34 Å². The normalized spacial score (nSPS) is 11.2. The number of amides is 2. The van der Waals surface area contributed by atoms with E-state index in [1.807, 2.05) is 6.92 Å². The molecule has 0 aliphatic rings. The number of thiazole rings is 1. The van der Waals surface area contributed by atoms with Crippen LogP contribution in [0.3, 0.4) is 0 Å². The number of ether oxygens (including phenoxy) is 1. The van der Waals surface area contributed by atoms with Crippen LogP contribution in [-0.4, -0.2) is 38.1 Å². The third kappa shape index (κ3) is 5.57. The summed E-state index contributed by atoms with van der Waals surface area (Å²) in [5.74, 6) is 0.701. The minimum Gasteiger partial charge on any atom is -0.494 e. The van der Waals surface area contributed by atoms with E-state index in [-0.39, 0.29) is 15.9 Å². The fraction of sp³-hybridized carbons (Fsp3) is 0.250. The molecular weight excluding hydrogens is 438 g/mol. The van der Waals surface area contributed by atoms with Crippen molar-refractivity contribution in [2.75, 3.05) is 23.9 Å². The number of urea groups is 1. The molecule has 2 amide bonds. The Kier molecular flexibility index (Phi) is 7.21. The first-order valence-electron chi connectivity index (χ1n) is 9.45. The van der Waals surface area contributed by atoms with E-state index >= 15 is 0 Å². The van der Waals surface area contributed by atoms with Crippen molar-refractivity contribution in [3.05, 3.63) is 60.0 Å². The quantitative estimate of drug-likeness (QED) is 0.532. The van der Waals surface area contributed by atoms with Crippen LogP contribution in [0.4, 0.5) is 15.6 Å². The van der Waals surface area contributed by atoms with Gasteiger partial charge in [0.25, 0.3) is 10.0 Å². The molecule has 2 N–H and O–H groups in total. The van der Waals surface area contributed by atoms with Gasteiger partial charge in [-0.1, -0.05) is 11.3 Å². The van der Waals surface area contributed by atoms with Crippen LogP contribution in [0, 0.1) is 6.92 Å². The summed E-state index contributed by atoms with van der Waals surface area (Å²) in [5.41, 5.74) is 1.72. The van der Waals surface area contributed by atoms with Gasteiger partial charge in [-0.15, -0.1) is 0 Å². The van der Waals surface area contributed by atoms with E-state index in [2.05, 4.69) is 20.0 Å². The third-order valence-electron chi connectivity index (χ3n) is 4.24. The Hall–Kier alpha value is -3.02. The Morgan fingerprint density at radius 3 is 2.45 bits per heavy atom. The van der Waals surface area contributed by atoms with E-state index in [0.717, 1.165) is 16.9 Å². The van der Waals surface area contributed by atoms with Gasteiger partial charge < -0.3 is 10.1 Å². The predicted molar refractivity (Wildman–Crippen MR) is 120 cm³/mol. The van der Waals surface area contributed by atoms with Crippen molar-refractivity contribution in [2.24, 2.45) is 0 Å². The number of carbonyl (C=O) groups is 1. The number of anilines is 2. The average molecular weight is 462 g/mol. The molecule has 0 unspecified atom stereocenters. The molecule has 0 spiro atoms. The fourth-order valence-electron chi connectivity index (χ4n) is 2.72. The van der Waals surface area contributed by atoms with Crippen LogP contribution in [0.1, 0.15) is 18.2 Å². The predicted octanol–water partition coefficient (Wildman–Crippen LogP) is 3.39. The van der Waals surface area contributed by atoms with Gasteiger partial charge in [0.05, 0.1) is 18.8 Å². The molecule has 1 aromatic carbocycles. The number of hydrogen-bond acceptors (Lipinski definition) is 7. The maximum absolute atomic E-state index is 13.1. The van der Waals surface area contributed by atoms with Crippen LogP contribution in [0.5, 0.6) is 5.75 Å². The Balaban J connectivity index is 1.91. The number of pyridine rings is 1. The van der Waals surface area contributed by atoms with E-state index in [4.69, 9.17) is 4.74 Å². The van der Waals surface area contributed by atoms with E-state index < -0.39 is 16.1 Å². The van der Waals surface area contributed by atoms with Gasteiger partial charge in [0.1, 0.15) is 5.75 Å². The van der Waals surface area contributed by atoms with E-state index in [0.29, 0.717) is 23.7 Å². The Morgan fingerprint density at radius 2 is 1.84 bits per heavy atom. The highest BCUT2D eigenvalue weighted by Gasteiger charge is 2.26. The largest absolute Gasteiger partial charge is 0.494 e. The number of aromatic nitrogens is 2. The minimum atomic E-state index is -3.69. The van der Waals surface area contributed by atoms with Crippen molar-refractivity contribution in [1.29, 1.82) is 0 Å². The monoisotopic (exact) mass is 461 g/mol. The lowest BCUT2D eigenvalue weighted by Crippen LogP contribution is -2.34. The Labute approximate surface area is 185 Å². The van der Waals surface area contributed by atoms with Gasteiger partial charge in [0.2, 0.25) is 0 Å². The Bertz CT molecular complexity index is 1130. The summed E-state index contributed by atoms with van der Waals surface area (Å²) in [6.45, 7) is 4.23. The minimum absolute atomic E-state index is 0.0681. The molecule has 31 heavy (non-hydrogen) atoms. The molecule has 0 fully saturated rings. The van der Waals surface area contributed by atoms with Crippen LogP contribution in [0.15, 0.2) is 53.0 Å². The fourth-order valence-corrected chi connectivity index (χ4v) is 5.05. The first-order chi connectivity index (χ1) is 14.8. The van der Waals surface area contributed by atoms with Crippen LogP contribution in [0.2, 0.25) is 0 Å². The topological polar surface area (TPSA) is 114 Å². The summed E-state index contributed by atoms with van der Waals surface area (Å²) in [6, 6.07) is 10.1. The first kappa shape index (κ1) is 22.7. The summed E-state index contributed by atoms with van der Waals surface area (Å²) in [7, 11) is -2.35. The number of nitrogens with one attached hydrogen (secondary N) is 2. The molecule has 0 radical (unpaired) electrons. The zero-order valence-electron chi connectivity index (χ0n) is 17.3. The number of carbonyl (C=O) groups excluding carboxylic acids is 1. The van der Waals surface area contributed by atoms with Crippen molar-refractivity contribution in [2.45, 2.75) is 24.6 Å². The number of nitrogens with zero attached hydrogens (tertiary/aromatic N) is 3. The molecular formula is C20H23N5O4S2. The van der Waals surface area contributed by atoms with Crippen LogP contribution in [0.25, 0.3) is 0 Å². The molecule has 0 saturated heterocycles. The molecule has 3 aromatic rings. The molecule has 2 heterocycles. The first-order valence-corrected chi connectivity index (χ1v) is 11.7. The van der Waals surface area contributed by atoms with Gasteiger partial charge in [-0.3, -0.25) is 9.88 Å². The summed E-state index contributed by atoms with van der Waals surface area (Å²) in [4.78, 5) is 22.9. The second kappa shape index (κ2) is 9.86. The van der Waals surface area contributed by atoms with Gasteiger partial charge in [0, 0.05) is 18.1 Å². The molecule has 0 atom stereocenters. The molecule has 9 nitrogen and oxygen atoms in total. The van der Waals surface area contributed by atoms with Gasteiger partial charge in [-0.25, -0.2) is 22.9 Å². The molecule has 3 rings (SSSR count). The summed E-state index contributed by atoms with van der Waals surface area (Å²) in [5, 5.41) is 3.10. The van der Waals surface area contributed by atoms with Crippen LogP contribution in [-0.2, 0) is 16.6 Å². The van der Waals surface area contributed by atoms with Crippen molar-refractivity contribution in [3.8, 4) is 5.75 Å². The van der Waals surface area contributed by atoms with E-state index in [1.54, 1.807) is 55.7 Å². The number of sulfonamides is 1. The second-order valence-electron chi connectivity index (χ2n) is 6.41. The number of rotatable bonds is 8. The zero-order valence-corrected chi connectivity index (χ0v) is 19.0. The SMILES string of the molecule is CCOc1ccc(NC(=O)N(Cc2ccncc2)c2nc(C)c(S(=O)(=O)NC)s2)cc1. The van der Waals surface area contributed by atoms with Gasteiger partial charge >= 0.3 is 6.03 Å². The van der Waals surface area contributed by atoms with E-state index in [1.165, 1.54) is 11.9 Å². The molecule has 0 aliphatic carbocycles. The zero-order chi connectivity index (χ0) is 22.4. The number of hydrogen-bond donors (Lipinski definition) is 2. The summed E-state index contributed by atoms with van der Waals surface area (Å²) < 4.78 is 32.3. The summed E-state index contributed by atoms with van der Waals surface area (Å²) >= 11 is 0.934. The molecule has 11 heteroatoms. The van der Waals surface area contributed by atoms with Crippen molar-refractivity contribution in [3.63, 3.8) is 0 Å². The van der Waals surface area contributed by atoms with Crippen LogP contribution < -0.4 is 19.7 Å². The molecule has 0 aliphatic heterocycles. The van der Waals surface area contributed by atoms with Crippen molar-refractivity contribution >= 4 is 38.2 Å². The smallest absolute Gasteiger partial charge is 0.328 e. The van der Waals surface area contributed by atoms with Gasteiger partial charge in [-0.2, -0.15) is 0 Å². The van der Waals surface area contributed by atoms with Crippen LogP contribution >= 0.6 is 11.3 Å². The Morgan fingerprint density at radius 1 is 1.16 bits per heavy atom. The maximum atomic E-state index is 13.1. The second-order valence-corrected chi connectivity index (χ2v) is 9.47.